The molecule has 2 aliphatic rings. The number of nitrogens with one attached hydrogen (secondary N) is 1. The van der Waals surface area contributed by atoms with Crippen LogP contribution in [0.2, 0.25) is 0 Å². The molecule has 2 aromatic rings. The van der Waals surface area contributed by atoms with Gasteiger partial charge in [-0.25, -0.2) is 4.79 Å². The van der Waals surface area contributed by atoms with E-state index in [-0.39, 0.29) is 12.2 Å². The molecule has 148 valence electrons. The lowest BCUT2D eigenvalue weighted by Gasteiger charge is -2.53. The van der Waals surface area contributed by atoms with Crippen LogP contribution >= 0.6 is 0 Å². The molecule has 2 fully saturated rings. The summed E-state index contributed by atoms with van der Waals surface area (Å²) in [6.07, 6.45) is 4.26. The molecule has 4 rings (SSSR count). The maximum absolute atomic E-state index is 12.7. The third-order valence-corrected chi connectivity index (χ3v) is 6.60. The van der Waals surface area contributed by atoms with Crippen molar-refractivity contribution in [3.8, 4) is 11.1 Å². The Morgan fingerprint density at radius 3 is 2.25 bits per heavy atom. The predicted octanol–water partition coefficient (Wildman–Crippen LogP) is 5.17. The first kappa shape index (κ1) is 19.0. The zero-order valence-electron chi connectivity index (χ0n) is 17.1. The van der Waals surface area contributed by atoms with E-state index in [1.165, 1.54) is 12.8 Å². The Bertz CT molecular complexity index is 828. The molecule has 0 saturated heterocycles. The van der Waals surface area contributed by atoms with Crippen LogP contribution in [0.3, 0.4) is 0 Å². The molecule has 28 heavy (non-hydrogen) atoms. The second-order valence-electron chi connectivity index (χ2n) is 9.15. The number of carbonyl (C=O) groups excluding carboxylic acids is 1. The van der Waals surface area contributed by atoms with Gasteiger partial charge >= 0.3 is 6.09 Å². The Morgan fingerprint density at radius 2 is 1.57 bits per heavy atom. The molecule has 0 aliphatic heterocycles. The molecule has 2 saturated carbocycles. The fraction of sp³-hybridized carbons (Fsp3) is 0.458. The van der Waals surface area contributed by atoms with Gasteiger partial charge < -0.3 is 9.22 Å². The number of amides is 1. The van der Waals surface area contributed by atoms with Gasteiger partial charge in [-0.15, -0.1) is 0 Å². The summed E-state index contributed by atoms with van der Waals surface area (Å²) in [6.45, 7) is 0. The van der Waals surface area contributed by atoms with Gasteiger partial charge in [0.1, 0.15) is 6.10 Å². The number of benzene rings is 2. The monoisotopic (exact) mass is 379 g/mol. The molecular weight excluding hydrogens is 348 g/mol. The van der Waals surface area contributed by atoms with Gasteiger partial charge in [-0.3, -0.25) is 5.32 Å². The highest BCUT2D eigenvalue weighted by molar-refractivity contribution is 5.91. The van der Waals surface area contributed by atoms with Crippen molar-refractivity contribution >= 4 is 11.8 Å². The number of para-hydroxylation sites is 1. The average molecular weight is 380 g/mol. The molecule has 4 atom stereocenters. The minimum Gasteiger partial charge on any atom is -0.446 e. The summed E-state index contributed by atoms with van der Waals surface area (Å²) in [5, 5.41) is 2.99. The number of rotatable bonds is 4. The van der Waals surface area contributed by atoms with E-state index in [4.69, 9.17) is 4.74 Å². The lowest BCUT2D eigenvalue weighted by Crippen LogP contribution is -2.59. The van der Waals surface area contributed by atoms with Crippen LogP contribution in [0.1, 0.15) is 25.7 Å². The highest BCUT2D eigenvalue weighted by Gasteiger charge is 2.51. The summed E-state index contributed by atoms with van der Waals surface area (Å²) in [7, 11) is 6.86. The van der Waals surface area contributed by atoms with Crippen molar-refractivity contribution in [3.05, 3.63) is 54.6 Å². The summed E-state index contributed by atoms with van der Waals surface area (Å²) in [6, 6.07) is 18.7. The topological polar surface area (TPSA) is 38.3 Å². The van der Waals surface area contributed by atoms with Crippen molar-refractivity contribution in [2.45, 2.75) is 37.8 Å². The van der Waals surface area contributed by atoms with Gasteiger partial charge in [-0.05, 0) is 30.9 Å². The molecule has 0 bridgehead atoms. The molecule has 0 heterocycles. The smallest absolute Gasteiger partial charge is 0.411 e. The van der Waals surface area contributed by atoms with Crippen molar-refractivity contribution in [1.82, 2.24) is 0 Å². The summed E-state index contributed by atoms with van der Waals surface area (Å²) in [4.78, 5) is 12.7. The quantitative estimate of drug-likeness (QED) is 0.745. The number of nitrogens with zero attached hydrogens (tertiary/aromatic N) is 1. The molecule has 4 heteroatoms. The van der Waals surface area contributed by atoms with Crippen LogP contribution in [-0.2, 0) is 4.74 Å². The van der Waals surface area contributed by atoms with Crippen molar-refractivity contribution < 1.29 is 14.0 Å². The van der Waals surface area contributed by atoms with Gasteiger partial charge in [0, 0.05) is 23.8 Å². The Morgan fingerprint density at radius 1 is 0.893 bits per heavy atom. The SMILES string of the molecule is C[N+](C)(C)C1CCC(OC(=O)Nc2ccccc2-c2ccccc2)C2CCC21. The standard InChI is InChI=1S/C24H30N2O2/c1-26(2,3)22-15-16-23(20-14-13-19(20)22)28-24(27)25-21-12-8-7-11-18(21)17-9-5-4-6-10-17/h4-12,19-20,22-23H,13-16H2,1-3H3/p+1. The maximum Gasteiger partial charge on any atom is 0.411 e. The Hall–Kier alpha value is -2.33. The molecule has 2 aliphatic carbocycles. The molecule has 2 aromatic carbocycles. The van der Waals surface area contributed by atoms with Crippen LogP contribution in [0, 0.1) is 11.8 Å². The van der Waals surface area contributed by atoms with E-state index in [0.717, 1.165) is 34.1 Å². The fourth-order valence-electron chi connectivity index (χ4n) is 5.10. The normalized spacial score (nSPS) is 26.7. The van der Waals surface area contributed by atoms with E-state index >= 15 is 0 Å². The molecule has 0 spiro atoms. The summed E-state index contributed by atoms with van der Waals surface area (Å²) in [5.74, 6) is 1.20. The van der Waals surface area contributed by atoms with E-state index in [9.17, 15) is 4.79 Å². The number of hydrogen-bond acceptors (Lipinski definition) is 2. The molecule has 1 amide bonds. The molecule has 1 N–H and O–H groups in total. The first-order valence-electron chi connectivity index (χ1n) is 10.4. The first-order valence-corrected chi connectivity index (χ1v) is 10.4. The predicted molar refractivity (Wildman–Crippen MR) is 113 cm³/mol. The third kappa shape index (κ3) is 3.79. The van der Waals surface area contributed by atoms with E-state index < -0.39 is 0 Å². The zero-order chi connectivity index (χ0) is 19.7. The number of carbonyl (C=O) groups is 1. The van der Waals surface area contributed by atoms with Crippen LogP contribution in [0.25, 0.3) is 11.1 Å². The molecule has 4 nitrogen and oxygen atoms in total. The number of anilines is 1. The van der Waals surface area contributed by atoms with Crippen LogP contribution in [-0.4, -0.2) is 43.9 Å². The van der Waals surface area contributed by atoms with Crippen molar-refractivity contribution in [2.75, 3.05) is 26.5 Å². The van der Waals surface area contributed by atoms with Gasteiger partial charge in [-0.2, -0.15) is 0 Å². The molecular formula is C24H31N2O2+. The summed E-state index contributed by atoms with van der Waals surface area (Å²) >= 11 is 0. The third-order valence-electron chi connectivity index (χ3n) is 6.60. The van der Waals surface area contributed by atoms with Crippen molar-refractivity contribution in [3.63, 3.8) is 0 Å². The van der Waals surface area contributed by atoms with Crippen LogP contribution in [0.4, 0.5) is 10.5 Å². The van der Waals surface area contributed by atoms with E-state index in [1.807, 2.05) is 42.5 Å². The maximum atomic E-state index is 12.7. The lowest BCUT2D eigenvalue weighted by atomic mass is 9.61. The lowest BCUT2D eigenvalue weighted by molar-refractivity contribution is -0.903. The second kappa shape index (κ2) is 7.59. The minimum absolute atomic E-state index is 0.0467. The van der Waals surface area contributed by atoms with Crippen molar-refractivity contribution in [1.29, 1.82) is 0 Å². The minimum atomic E-state index is -0.331. The van der Waals surface area contributed by atoms with Gasteiger partial charge in [0.15, 0.2) is 0 Å². The average Bonchev–Trinajstić information content (AvgIpc) is 2.63. The number of fused-ring (bicyclic) bond motifs is 1. The van der Waals surface area contributed by atoms with Crippen LogP contribution in [0.5, 0.6) is 0 Å². The Labute approximate surface area is 168 Å². The molecule has 4 unspecified atom stereocenters. The molecule has 0 aromatic heterocycles. The highest BCUT2D eigenvalue weighted by Crippen LogP contribution is 2.48. The number of hydrogen-bond donors (Lipinski definition) is 1. The largest absolute Gasteiger partial charge is 0.446 e. The first-order chi connectivity index (χ1) is 13.4. The fourth-order valence-corrected chi connectivity index (χ4v) is 5.10. The second-order valence-corrected chi connectivity index (χ2v) is 9.15. The van der Waals surface area contributed by atoms with Crippen LogP contribution < -0.4 is 5.32 Å². The number of ether oxygens (including phenoxy) is 1. The Balaban J connectivity index is 1.43. The van der Waals surface area contributed by atoms with E-state index in [2.05, 4.69) is 38.6 Å². The molecule has 0 radical (unpaired) electrons. The van der Waals surface area contributed by atoms with Gasteiger partial charge in [0.05, 0.1) is 32.9 Å². The van der Waals surface area contributed by atoms with E-state index in [1.54, 1.807) is 0 Å². The van der Waals surface area contributed by atoms with Gasteiger partial charge in [0.25, 0.3) is 0 Å². The van der Waals surface area contributed by atoms with Gasteiger partial charge in [-0.1, -0.05) is 48.5 Å². The van der Waals surface area contributed by atoms with E-state index in [0.29, 0.717) is 17.9 Å². The highest BCUT2D eigenvalue weighted by atomic mass is 16.6. The Kier molecular flexibility index (Phi) is 5.15. The summed E-state index contributed by atoms with van der Waals surface area (Å²) < 4.78 is 6.93. The van der Waals surface area contributed by atoms with Gasteiger partial charge in [0.2, 0.25) is 0 Å². The zero-order valence-corrected chi connectivity index (χ0v) is 17.1. The summed E-state index contributed by atoms with van der Waals surface area (Å²) in [5.41, 5.74) is 2.89. The van der Waals surface area contributed by atoms with Crippen molar-refractivity contribution in [2.24, 2.45) is 11.8 Å². The number of quaternary nitrogens is 1. The van der Waals surface area contributed by atoms with Crippen LogP contribution in [0.15, 0.2) is 54.6 Å².